The van der Waals surface area contributed by atoms with Crippen LogP contribution in [0.1, 0.15) is 32.4 Å². The summed E-state index contributed by atoms with van der Waals surface area (Å²) in [6.45, 7) is 6.43. The quantitative estimate of drug-likeness (QED) is 0.586. The monoisotopic (exact) mass is 398 g/mol. The molecule has 0 saturated carbocycles. The van der Waals surface area contributed by atoms with E-state index < -0.39 is 0 Å². The van der Waals surface area contributed by atoms with Crippen LogP contribution in [0, 0.1) is 0 Å². The third kappa shape index (κ3) is 4.03. The molecule has 1 heterocycles. The third-order valence-corrected chi connectivity index (χ3v) is 4.19. The van der Waals surface area contributed by atoms with Gasteiger partial charge in [-0.3, -0.25) is 0 Å². The summed E-state index contributed by atoms with van der Waals surface area (Å²) in [6.07, 6.45) is 0. The fraction of sp³-hybridized carbons (Fsp3) is 0.375. The third-order valence-electron chi connectivity index (χ3n) is 3.35. The summed E-state index contributed by atoms with van der Waals surface area (Å²) in [5, 5.41) is 6.59. The fourth-order valence-electron chi connectivity index (χ4n) is 2.39. The predicted molar refractivity (Wildman–Crippen MR) is 96.3 cm³/mol. The Labute approximate surface area is 149 Å². The molecule has 2 rings (SSSR count). The molecule has 1 aliphatic heterocycles. The second-order valence-corrected chi connectivity index (χ2v) is 6.18. The highest BCUT2D eigenvalue weighted by Gasteiger charge is 2.31. The largest absolute Gasteiger partial charge is 0.493 e. The summed E-state index contributed by atoms with van der Waals surface area (Å²) in [4.78, 5) is 12.3. The highest BCUT2D eigenvalue weighted by molar-refractivity contribution is 9.10. The summed E-state index contributed by atoms with van der Waals surface area (Å²) in [5.41, 5.74) is 2.12. The number of ether oxygens (including phenoxy) is 2. The van der Waals surface area contributed by atoms with Crippen molar-refractivity contribution < 1.29 is 14.3 Å². The van der Waals surface area contributed by atoms with Gasteiger partial charge in [-0.25, -0.2) is 4.79 Å². The second-order valence-electron chi connectivity index (χ2n) is 4.91. The molecule has 1 atom stereocenters. The lowest BCUT2D eigenvalue weighted by molar-refractivity contribution is -0.139. The fourth-order valence-corrected chi connectivity index (χ4v) is 3.17. The zero-order valence-electron chi connectivity index (χ0n) is 13.2. The van der Waals surface area contributed by atoms with Crippen LogP contribution in [-0.4, -0.2) is 24.3 Å². The Morgan fingerprint density at radius 3 is 2.70 bits per heavy atom. The first-order valence-electron chi connectivity index (χ1n) is 7.35. The maximum atomic E-state index is 12.3. The van der Waals surface area contributed by atoms with Crippen molar-refractivity contribution in [2.75, 3.05) is 13.2 Å². The van der Waals surface area contributed by atoms with Gasteiger partial charge in [0.05, 0.1) is 29.3 Å². The number of thiocarbonyl (C=S) groups is 1. The van der Waals surface area contributed by atoms with E-state index in [-0.39, 0.29) is 12.0 Å². The van der Waals surface area contributed by atoms with Crippen molar-refractivity contribution in [2.45, 2.75) is 26.8 Å². The highest BCUT2D eigenvalue weighted by atomic mass is 79.9. The van der Waals surface area contributed by atoms with Gasteiger partial charge in [-0.15, -0.1) is 0 Å². The number of carbonyl (C=O) groups excluding carboxylic acids is 1. The molecule has 1 aromatic carbocycles. The minimum atomic E-state index is -0.366. The van der Waals surface area contributed by atoms with Crippen molar-refractivity contribution in [1.29, 1.82) is 0 Å². The van der Waals surface area contributed by atoms with Gasteiger partial charge < -0.3 is 20.1 Å². The van der Waals surface area contributed by atoms with E-state index in [0.717, 1.165) is 15.8 Å². The number of rotatable bonds is 5. The lowest BCUT2D eigenvalue weighted by Gasteiger charge is -2.30. The van der Waals surface area contributed by atoms with Crippen LogP contribution in [0.3, 0.4) is 0 Å². The SMILES string of the molecule is CCOC(=O)C1=C(C)NC(=S)N[C@H]1c1ccc(OCC)c(Br)c1. The van der Waals surface area contributed by atoms with Crippen molar-refractivity contribution in [2.24, 2.45) is 0 Å². The summed E-state index contributed by atoms with van der Waals surface area (Å²) in [6, 6.07) is 5.33. The van der Waals surface area contributed by atoms with E-state index in [1.165, 1.54) is 0 Å². The molecule has 0 amide bonds. The Morgan fingerprint density at radius 1 is 1.35 bits per heavy atom. The van der Waals surface area contributed by atoms with Gasteiger partial charge in [0.2, 0.25) is 0 Å². The summed E-state index contributed by atoms with van der Waals surface area (Å²) < 4.78 is 11.5. The minimum Gasteiger partial charge on any atom is -0.493 e. The van der Waals surface area contributed by atoms with Crippen molar-refractivity contribution in [3.63, 3.8) is 0 Å². The maximum absolute atomic E-state index is 12.3. The summed E-state index contributed by atoms with van der Waals surface area (Å²) >= 11 is 8.72. The lowest BCUT2D eigenvalue weighted by Crippen LogP contribution is -2.45. The van der Waals surface area contributed by atoms with Crippen molar-refractivity contribution in [3.05, 3.63) is 39.5 Å². The zero-order chi connectivity index (χ0) is 17.0. The molecule has 0 radical (unpaired) electrons. The van der Waals surface area contributed by atoms with Gasteiger partial charge in [0.15, 0.2) is 5.11 Å². The zero-order valence-corrected chi connectivity index (χ0v) is 15.6. The standard InChI is InChI=1S/C16H19BrN2O3S/c1-4-21-12-7-6-10(8-11(12)17)14-13(15(20)22-5-2)9(3)18-16(23)19-14/h6-8,14H,4-5H2,1-3H3,(H2,18,19,23)/t14-/m0/s1. The van der Waals surface area contributed by atoms with E-state index in [0.29, 0.717) is 29.6 Å². The minimum absolute atomic E-state index is 0.319. The Balaban J connectivity index is 2.42. The van der Waals surface area contributed by atoms with Gasteiger partial charge in [-0.05, 0) is 66.6 Å². The van der Waals surface area contributed by atoms with Crippen LogP contribution in [0.4, 0.5) is 0 Å². The van der Waals surface area contributed by atoms with Crippen LogP contribution in [0.2, 0.25) is 0 Å². The first kappa shape index (κ1) is 17.7. The number of halogens is 1. The Bertz CT molecular complexity index is 661. The molecular formula is C16H19BrN2O3S. The van der Waals surface area contributed by atoms with Gasteiger partial charge >= 0.3 is 5.97 Å². The number of hydrogen-bond acceptors (Lipinski definition) is 4. The van der Waals surface area contributed by atoms with Crippen LogP contribution in [-0.2, 0) is 9.53 Å². The van der Waals surface area contributed by atoms with Crippen LogP contribution >= 0.6 is 28.1 Å². The van der Waals surface area contributed by atoms with E-state index in [1.807, 2.05) is 32.0 Å². The molecule has 2 N–H and O–H groups in total. The van der Waals surface area contributed by atoms with Gasteiger partial charge in [-0.2, -0.15) is 0 Å². The van der Waals surface area contributed by atoms with E-state index >= 15 is 0 Å². The molecule has 1 aromatic rings. The van der Waals surface area contributed by atoms with Gasteiger partial charge in [0.1, 0.15) is 5.75 Å². The molecule has 0 aromatic heterocycles. The Morgan fingerprint density at radius 2 is 2.09 bits per heavy atom. The molecule has 0 fully saturated rings. The second kappa shape index (κ2) is 7.79. The molecule has 0 unspecified atom stereocenters. The number of esters is 1. The van der Waals surface area contributed by atoms with Crippen molar-refractivity contribution in [3.8, 4) is 5.75 Å². The molecule has 1 aliphatic rings. The van der Waals surface area contributed by atoms with E-state index in [1.54, 1.807) is 6.92 Å². The van der Waals surface area contributed by atoms with Crippen LogP contribution in [0.5, 0.6) is 5.75 Å². The number of hydrogen-bond donors (Lipinski definition) is 2. The van der Waals surface area contributed by atoms with Gasteiger partial charge in [0, 0.05) is 5.70 Å². The normalized spacial score (nSPS) is 17.4. The van der Waals surface area contributed by atoms with Crippen LogP contribution in [0.15, 0.2) is 33.9 Å². The predicted octanol–water partition coefficient (Wildman–Crippen LogP) is 3.20. The molecule has 0 aliphatic carbocycles. The molecule has 5 nitrogen and oxygen atoms in total. The molecule has 7 heteroatoms. The molecule has 0 saturated heterocycles. The van der Waals surface area contributed by atoms with E-state index in [2.05, 4.69) is 26.6 Å². The summed E-state index contributed by atoms with van der Waals surface area (Å²) in [5.74, 6) is 0.397. The number of allylic oxidation sites excluding steroid dienone is 1. The van der Waals surface area contributed by atoms with Crippen LogP contribution < -0.4 is 15.4 Å². The average Bonchev–Trinajstić information content (AvgIpc) is 2.48. The number of nitrogens with one attached hydrogen (secondary N) is 2. The molecule has 124 valence electrons. The Kier molecular flexibility index (Phi) is 6.01. The number of benzene rings is 1. The van der Waals surface area contributed by atoms with Crippen LogP contribution in [0.25, 0.3) is 0 Å². The molecular weight excluding hydrogens is 380 g/mol. The molecule has 23 heavy (non-hydrogen) atoms. The lowest BCUT2D eigenvalue weighted by atomic mass is 9.95. The average molecular weight is 399 g/mol. The highest BCUT2D eigenvalue weighted by Crippen LogP contribution is 2.33. The summed E-state index contributed by atoms with van der Waals surface area (Å²) in [7, 11) is 0. The van der Waals surface area contributed by atoms with Gasteiger partial charge in [-0.1, -0.05) is 6.07 Å². The molecule has 0 bridgehead atoms. The first-order valence-corrected chi connectivity index (χ1v) is 8.55. The van der Waals surface area contributed by atoms with E-state index in [4.69, 9.17) is 21.7 Å². The topological polar surface area (TPSA) is 59.6 Å². The smallest absolute Gasteiger partial charge is 0.338 e. The maximum Gasteiger partial charge on any atom is 0.338 e. The number of carbonyl (C=O) groups is 1. The van der Waals surface area contributed by atoms with Gasteiger partial charge in [0.25, 0.3) is 0 Å². The molecule has 0 spiro atoms. The van der Waals surface area contributed by atoms with Crippen molar-refractivity contribution >= 4 is 39.2 Å². The first-order chi connectivity index (χ1) is 11.0. The van der Waals surface area contributed by atoms with Crippen molar-refractivity contribution in [1.82, 2.24) is 10.6 Å². The Hall–Kier alpha value is -1.60. The van der Waals surface area contributed by atoms with E-state index in [9.17, 15) is 4.79 Å².